The van der Waals surface area contributed by atoms with Crippen LogP contribution in [0.15, 0.2) is 46.9 Å². The first kappa shape index (κ1) is 18.4. The van der Waals surface area contributed by atoms with Crippen molar-refractivity contribution in [2.24, 2.45) is 11.7 Å². The molecule has 1 heterocycles. The van der Waals surface area contributed by atoms with Crippen molar-refractivity contribution in [2.75, 3.05) is 5.32 Å². The molecule has 0 bridgehead atoms. The number of nitrogens with one attached hydrogen (secondary N) is 1. The van der Waals surface area contributed by atoms with E-state index >= 15 is 0 Å². The fourth-order valence-electron chi connectivity index (χ4n) is 3.22. The van der Waals surface area contributed by atoms with E-state index in [1.807, 2.05) is 0 Å². The largest absolute Gasteiger partial charge is 0.436 e. The van der Waals surface area contributed by atoms with Crippen molar-refractivity contribution in [3.05, 3.63) is 48.3 Å². The molecule has 1 aliphatic carbocycles. The summed E-state index contributed by atoms with van der Waals surface area (Å²) in [7, 11) is 0. The predicted octanol–water partition coefficient (Wildman–Crippen LogP) is 4.12. The highest BCUT2D eigenvalue weighted by Crippen LogP contribution is 2.28. The molecule has 2 atom stereocenters. The molecule has 1 aliphatic rings. The van der Waals surface area contributed by atoms with Crippen molar-refractivity contribution >= 4 is 35.1 Å². The van der Waals surface area contributed by atoms with Gasteiger partial charge in [0.25, 0.3) is 0 Å². The number of hydrogen-bond acceptors (Lipinski definition) is 4. The van der Waals surface area contributed by atoms with E-state index in [4.69, 9.17) is 10.2 Å². The smallest absolute Gasteiger partial charge is 0.227 e. The number of aromatic nitrogens is 1. The normalized spacial score (nSPS) is 19.3. The lowest BCUT2D eigenvalue weighted by atomic mass is 10.1. The average Bonchev–Trinajstić information content (AvgIpc) is 3.21. The van der Waals surface area contributed by atoms with Crippen LogP contribution in [0.1, 0.15) is 19.3 Å². The van der Waals surface area contributed by atoms with Crippen molar-refractivity contribution in [1.29, 1.82) is 0 Å². The van der Waals surface area contributed by atoms with Crippen LogP contribution in [-0.4, -0.2) is 16.9 Å². The first-order valence-corrected chi connectivity index (χ1v) is 8.31. The summed E-state index contributed by atoms with van der Waals surface area (Å²) in [6, 6.07) is 11.4. The van der Waals surface area contributed by atoms with Gasteiger partial charge in [0.15, 0.2) is 5.58 Å². The minimum absolute atomic E-state index is 0. The predicted molar refractivity (Wildman–Crippen MR) is 101 cm³/mol. The maximum Gasteiger partial charge on any atom is 0.227 e. The topological polar surface area (TPSA) is 81.2 Å². The van der Waals surface area contributed by atoms with Gasteiger partial charge < -0.3 is 15.5 Å². The number of fused-ring (bicyclic) bond motifs is 1. The highest BCUT2D eigenvalue weighted by Gasteiger charge is 2.27. The summed E-state index contributed by atoms with van der Waals surface area (Å²) in [5.74, 6) is 0.0671. The van der Waals surface area contributed by atoms with Crippen LogP contribution in [0.4, 0.5) is 10.1 Å². The number of nitrogens with two attached hydrogens (primary N) is 1. The Morgan fingerprint density at radius 3 is 2.65 bits per heavy atom. The fraction of sp³-hybridized carbons (Fsp3) is 0.263. The SMILES string of the molecule is Cl.NC1CCC(C(=O)Nc2ccc3nc(-c4ccc(F)cc4)oc3c2)C1. The first-order chi connectivity index (χ1) is 12.1. The van der Waals surface area contributed by atoms with Crippen molar-refractivity contribution in [1.82, 2.24) is 4.98 Å². The number of nitrogens with zero attached hydrogens (tertiary/aromatic N) is 1. The van der Waals surface area contributed by atoms with Crippen LogP contribution >= 0.6 is 12.4 Å². The zero-order chi connectivity index (χ0) is 17.4. The van der Waals surface area contributed by atoms with E-state index in [2.05, 4.69) is 10.3 Å². The van der Waals surface area contributed by atoms with Crippen LogP contribution in [-0.2, 0) is 4.79 Å². The second kappa shape index (κ2) is 7.43. The van der Waals surface area contributed by atoms with E-state index in [9.17, 15) is 9.18 Å². The van der Waals surface area contributed by atoms with Gasteiger partial charge in [-0.2, -0.15) is 0 Å². The van der Waals surface area contributed by atoms with Crippen LogP contribution in [0.5, 0.6) is 0 Å². The third kappa shape index (κ3) is 3.71. The number of amides is 1. The standard InChI is InChI=1S/C19H18FN3O2.ClH/c20-13-4-1-11(2-5-13)19-23-16-8-7-15(10-17(16)25-19)22-18(24)12-3-6-14(21)9-12;/h1-2,4-5,7-8,10,12,14H,3,6,9,21H2,(H,22,24);1H. The Morgan fingerprint density at radius 2 is 1.96 bits per heavy atom. The van der Waals surface area contributed by atoms with E-state index in [-0.39, 0.29) is 36.1 Å². The molecule has 7 heteroatoms. The molecule has 1 saturated carbocycles. The summed E-state index contributed by atoms with van der Waals surface area (Å²) in [5.41, 5.74) is 8.49. The lowest BCUT2D eigenvalue weighted by Gasteiger charge is -2.10. The van der Waals surface area contributed by atoms with E-state index in [1.54, 1.807) is 30.3 Å². The summed E-state index contributed by atoms with van der Waals surface area (Å²) in [5, 5.41) is 2.92. The maximum absolute atomic E-state index is 13.0. The van der Waals surface area contributed by atoms with E-state index in [0.717, 1.165) is 19.3 Å². The molecule has 4 rings (SSSR count). The third-order valence-corrected chi connectivity index (χ3v) is 4.59. The molecule has 0 aliphatic heterocycles. The molecule has 1 fully saturated rings. The first-order valence-electron chi connectivity index (χ1n) is 8.31. The molecule has 2 aromatic carbocycles. The van der Waals surface area contributed by atoms with Crippen LogP contribution in [0.2, 0.25) is 0 Å². The van der Waals surface area contributed by atoms with Gasteiger partial charge in [-0.25, -0.2) is 9.37 Å². The van der Waals surface area contributed by atoms with Gasteiger partial charge in [0, 0.05) is 29.3 Å². The molecular formula is C19H19ClFN3O2. The molecule has 5 nitrogen and oxygen atoms in total. The summed E-state index contributed by atoms with van der Waals surface area (Å²) >= 11 is 0. The van der Waals surface area contributed by atoms with Crippen molar-refractivity contribution in [2.45, 2.75) is 25.3 Å². The summed E-state index contributed by atoms with van der Waals surface area (Å²) < 4.78 is 18.8. The number of carbonyl (C=O) groups is 1. The molecule has 1 aromatic heterocycles. The van der Waals surface area contributed by atoms with Gasteiger partial charge in [-0.1, -0.05) is 0 Å². The number of hydrogen-bond donors (Lipinski definition) is 2. The van der Waals surface area contributed by atoms with Crippen LogP contribution in [0.25, 0.3) is 22.6 Å². The number of halogens is 2. The van der Waals surface area contributed by atoms with Gasteiger partial charge in [0.1, 0.15) is 11.3 Å². The maximum atomic E-state index is 13.0. The quantitative estimate of drug-likeness (QED) is 0.721. The number of carbonyl (C=O) groups excluding carboxylic acids is 1. The van der Waals surface area contributed by atoms with Gasteiger partial charge in [-0.3, -0.25) is 4.79 Å². The van der Waals surface area contributed by atoms with Gasteiger partial charge in [-0.15, -0.1) is 12.4 Å². The van der Waals surface area contributed by atoms with Crippen molar-refractivity contribution in [3.63, 3.8) is 0 Å². The highest BCUT2D eigenvalue weighted by atomic mass is 35.5. The van der Waals surface area contributed by atoms with Gasteiger partial charge in [0.2, 0.25) is 11.8 Å². The summed E-state index contributed by atoms with van der Waals surface area (Å²) in [6.07, 6.45) is 2.44. The van der Waals surface area contributed by atoms with Crippen LogP contribution < -0.4 is 11.1 Å². The Bertz CT molecular complexity index is 926. The molecule has 1 amide bonds. The van der Waals surface area contributed by atoms with Gasteiger partial charge in [-0.05, 0) is 55.7 Å². The Morgan fingerprint density at radius 1 is 1.19 bits per heavy atom. The molecule has 0 radical (unpaired) electrons. The van der Waals surface area contributed by atoms with Gasteiger partial charge >= 0.3 is 0 Å². The molecule has 0 spiro atoms. The lowest BCUT2D eigenvalue weighted by Crippen LogP contribution is -2.23. The Hall–Kier alpha value is -2.44. The number of anilines is 1. The molecule has 3 N–H and O–H groups in total. The second-order valence-electron chi connectivity index (χ2n) is 6.47. The lowest BCUT2D eigenvalue weighted by molar-refractivity contribution is -0.119. The van der Waals surface area contributed by atoms with Crippen LogP contribution in [0.3, 0.4) is 0 Å². The highest BCUT2D eigenvalue weighted by molar-refractivity contribution is 5.94. The van der Waals surface area contributed by atoms with E-state index in [1.165, 1.54) is 12.1 Å². The Labute approximate surface area is 156 Å². The second-order valence-corrected chi connectivity index (χ2v) is 6.47. The average molecular weight is 376 g/mol. The number of benzene rings is 2. The summed E-state index contributed by atoms with van der Waals surface area (Å²) in [4.78, 5) is 16.7. The molecule has 26 heavy (non-hydrogen) atoms. The monoisotopic (exact) mass is 375 g/mol. The number of rotatable bonds is 3. The minimum atomic E-state index is -0.309. The molecule has 0 saturated heterocycles. The van der Waals surface area contributed by atoms with Crippen molar-refractivity contribution < 1.29 is 13.6 Å². The zero-order valence-electron chi connectivity index (χ0n) is 13.9. The van der Waals surface area contributed by atoms with Crippen molar-refractivity contribution in [3.8, 4) is 11.5 Å². The molecular weight excluding hydrogens is 357 g/mol. The molecule has 136 valence electrons. The Balaban J connectivity index is 0.00000196. The van der Waals surface area contributed by atoms with E-state index < -0.39 is 0 Å². The number of oxazole rings is 1. The minimum Gasteiger partial charge on any atom is -0.436 e. The zero-order valence-corrected chi connectivity index (χ0v) is 14.8. The fourth-order valence-corrected chi connectivity index (χ4v) is 3.22. The summed E-state index contributed by atoms with van der Waals surface area (Å²) in [6.45, 7) is 0. The van der Waals surface area contributed by atoms with Crippen LogP contribution in [0, 0.1) is 11.7 Å². The molecule has 2 unspecified atom stereocenters. The molecule has 3 aromatic rings. The van der Waals surface area contributed by atoms with Gasteiger partial charge in [0.05, 0.1) is 0 Å². The third-order valence-electron chi connectivity index (χ3n) is 4.59. The Kier molecular flexibility index (Phi) is 5.25. The van der Waals surface area contributed by atoms with E-state index in [0.29, 0.717) is 28.2 Å².